The van der Waals surface area contributed by atoms with E-state index in [4.69, 9.17) is 0 Å². The number of hydrogen-bond donors (Lipinski definition) is 2. The molecular weight excluding hydrogens is 290 g/mol. The number of aromatic amines is 1. The zero-order valence-corrected chi connectivity index (χ0v) is 14.4. The summed E-state index contributed by atoms with van der Waals surface area (Å²) in [6.45, 7) is 9.30. The van der Waals surface area contributed by atoms with Gasteiger partial charge in [-0.05, 0) is 46.2 Å². The van der Waals surface area contributed by atoms with Gasteiger partial charge in [0.25, 0.3) is 0 Å². The van der Waals surface area contributed by atoms with E-state index in [9.17, 15) is 9.59 Å². The maximum atomic E-state index is 12.9. The second-order valence-corrected chi connectivity index (χ2v) is 6.42. The molecular formula is C18H25N3O2. The molecule has 0 fully saturated rings. The van der Waals surface area contributed by atoms with E-state index in [2.05, 4.69) is 10.3 Å². The molecule has 0 aliphatic rings. The SMILES string of the molecule is CC(C)NC(=O)N(C(=O)C(C)c1c[nH]c2ccccc12)C(C)C. The minimum absolute atomic E-state index is 0.0139. The van der Waals surface area contributed by atoms with E-state index < -0.39 is 5.92 Å². The Morgan fingerprint density at radius 3 is 2.35 bits per heavy atom. The molecule has 1 heterocycles. The fraction of sp³-hybridized carbons (Fsp3) is 0.444. The summed E-state index contributed by atoms with van der Waals surface area (Å²) < 4.78 is 0. The molecule has 1 aromatic carbocycles. The summed E-state index contributed by atoms with van der Waals surface area (Å²) in [4.78, 5) is 29.8. The summed E-state index contributed by atoms with van der Waals surface area (Å²) in [5.41, 5.74) is 1.90. The maximum absolute atomic E-state index is 12.9. The molecule has 2 aromatic rings. The minimum atomic E-state index is -0.397. The predicted molar refractivity (Wildman–Crippen MR) is 92.4 cm³/mol. The molecule has 3 amide bonds. The zero-order valence-electron chi connectivity index (χ0n) is 14.4. The molecule has 23 heavy (non-hydrogen) atoms. The molecule has 0 saturated carbocycles. The highest BCUT2D eigenvalue weighted by Crippen LogP contribution is 2.27. The Labute approximate surface area is 137 Å². The van der Waals surface area contributed by atoms with Gasteiger partial charge < -0.3 is 10.3 Å². The summed E-state index contributed by atoms with van der Waals surface area (Å²) in [6.07, 6.45) is 1.85. The Bertz CT molecular complexity index is 703. The number of H-pyrrole nitrogens is 1. The molecule has 0 aliphatic heterocycles. The Morgan fingerprint density at radius 1 is 1.09 bits per heavy atom. The predicted octanol–water partition coefficient (Wildman–Crippen LogP) is 3.63. The van der Waals surface area contributed by atoms with Crippen molar-refractivity contribution in [1.82, 2.24) is 15.2 Å². The van der Waals surface area contributed by atoms with Gasteiger partial charge in [-0.3, -0.25) is 9.69 Å². The highest BCUT2D eigenvalue weighted by atomic mass is 16.2. The number of carbonyl (C=O) groups excluding carboxylic acids is 2. The normalized spacial score (nSPS) is 12.7. The van der Waals surface area contributed by atoms with Gasteiger partial charge in [0.05, 0.1) is 5.92 Å². The van der Waals surface area contributed by atoms with Crippen LogP contribution in [0, 0.1) is 0 Å². The molecule has 0 spiro atoms. The molecule has 2 rings (SSSR count). The van der Waals surface area contributed by atoms with Crippen LogP contribution < -0.4 is 5.32 Å². The zero-order chi connectivity index (χ0) is 17.1. The van der Waals surface area contributed by atoms with Crippen molar-refractivity contribution in [2.24, 2.45) is 0 Å². The molecule has 5 heteroatoms. The van der Waals surface area contributed by atoms with Crippen molar-refractivity contribution < 1.29 is 9.59 Å². The lowest BCUT2D eigenvalue weighted by molar-refractivity contribution is -0.130. The van der Waals surface area contributed by atoms with Crippen LogP contribution in [0.2, 0.25) is 0 Å². The van der Waals surface area contributed by atoms with Gasteiger partial charge in [-0.25, -0.2) is 4.79 Å². The third-order valence-electron chi connectivity index (χ3n) is 3.84. The van der Waals surface area contributed by atoms with E-state index >= 15 is 0 Å². The van der Waals surface area contributed by atoms with Crippen molar-refractivity contribution in [3.63, 3.8) is 0 Å². The number of hydrogen-bond acceptors (Lipinski definition) is 2. The van der Waals surface area contributed by atoms with Crippen LogP contribution in [0.1, 0.15) is 46.1 Å². The van der Waals surface area contributed by atoms with E-state index in [1.165, 1.54) is 4.90 Å². The summed E-state index contributed by atoms with van der Waals surface area (Å²) in [7, 11) is 0. The fourth-order valence-corrected chi connectivity index (χ4v) is 2.70. The van der Waals surface area contributed by atoms with Crippen LogP contribution in [0.5, 0.6) is 0 Å². The second kappa shape index (κ2) is 6.86. The van der Waals surface area contributed by atoms with Gasteiger partial charge >= 0.3 is 6.03 Å². The van der Waals surface area contributed by atoms with Crippen molar-refractivity contribution >= 4 is 22.8 Å². The first kappa shape index (κ1) is 17.1. The Kier molecular flexibility index (Phi) is 5.08. The van der Waals surface area contributed by atoms with Crippen molar-refractivity contribution in [2.75, 3.05) is 0 Å². The highest BCUT2D eigenvalue weighted by Gasteiger charge is 2.30. The first-order valence-electron chi connectivity index (χ1n) is 8.02. The van der Waals surface area contributed by atoms with E-state index in [-0.39, 0.29) is 24.0 Å². The van der Waals surface area contributed by atoms with E-state index in [0.717, 1.165) is 16.5 Å². The van der Waals surface area contributed by atoms with Gasteiger partial charge in [-0.1, -0.05) is 18.2 Å². The molecule has 1 unspecified atom stereocenters. The van der Waals surface area contributed by atoms with Crippen LogP contribution in [0.4, 0.5) is 4.79 Å². The van der Waals surface area contributed by atoms with Gasteiger partial charge in [-0.15, -0.1) is 0 Å². The number of amides is 3. The number of aromatic nitrogens is 1. The van der Waals surface area contributed by atoms with Gasteiger partial charge in [0.2, 0.25) is 5.91 Å². The number of carbonyl (C=O) groups is 2. The molecule has 1 atom stereocenters. The van der Waals surface area contributed by atoms with Gasteiger partial charge in [0.1, 0.15) is 0 Å². The number of imide groups is 1. The van der Waals surface area contributed by atoms with Gasteiger partial charge in [0.15, 0.2) is 0 Å². The number of benzene rings is 1. The van der Waals surface area contributed by atoms with Crippen LogP contribution >= 0.6 is 0 Å². The van der Waals surface area contributed by atoms with E-state index in [1.807, 2.05) is 65.1 Å². The lowest BCUT2D eigenvalue weighted by atomic mass is 9.98. The minimum Gasteiger partial charge on any atom is -0.361 e. The molecule has 0 bridgehead atoms. The summed E-state index contributed by atoms with van der Waals surface area (Å²) in [6, 6.07) is 7.30. The first-order valence-corrected chi connectivity index (χ1v) is 8.02. The maximum Gasteiger partial charge on any atom is 0.324 e. The average molecular weight is 315 g/mol. The third kappa shape index (κ3) is 3.55. The summed E-state index contributed by atoms with van der Waals surface area (Å²) in [5, 5.41) is 3.82. The van der Waals surface area contributed by atoms with Crippen LogP contribution in [0.15, 0.2) is 30.5 Å². The molecule has 5 nitrogen and oxygen atoms in total. The second-order valence-electron chi connectivity index (χ2n) is 6.42. The number of para-hydroxylation sites is 1. The highest BCUT2D eigenvalue weighted by molar-refractivity contribution is 6.00. The van der Waals surface area contributed by atoms with Crippen LogP contribution in [-0.2, 0) is 4.79 Å². The van der Waals surface area contributed by atoms with E-state index in [1.54, 1.807) is 0 Å². The molecule has 1 aromatic heterocycles. The topological polar surface area (TPSA) is 65.2 Å². The molecule has 2 N–H and O–H groups in total. The van der Waals surface area contributed by atoms with Crippen molar-refractivity contribution in [3.8, 4) is 0 Å². The van der Waals surface area contributed by atoms with Crippen molar-refractivity contribution in [2.45, 2.75) is 52.6 Å². The van der Waals surface area contributed by atoms with Gasteiger partial charge in [-0.2, -0.15) is 0 Å². The molecule has 124 valence electrons. The third-order valence-corrected chi connectivity index (χ3v) is 3.84. The number of fused-ring (bicyclic) bond motifs is 1. The smallest absolute Gasteiger partial charge is 0.324 e. The Balaban J connectivity index is 2.30. The van der Waals surface area contributed by atoms with Crippen molar-refractivity contribution in [1.29, 1.82) is 0 Å². The average Bonchev–Trinajstić information content (AvgIpc) is 2.89. The largest absolute Gasteiger partial charge is 0.361 e. The molecule has 0 aliphatic carbocycles. The van der Waals surface area contributed by atoms with E-state index in [0.29, 0.717) is 0 Å². The van der Waals surface area contributed by atoms with Crippen LogP contribution in [-0.4, -0.2) is 33.9 Å². The number of urea groups is 1. The van der Waals surface area contributed by atoms with Crippen LogP contribution in [0.3, 0.4) is 0 Å². The number of rotatable bonds is 4. The lowest BCUT2D eigenvalue weighted by Gasteiger charge is -2.28. The number of nitrogens with zero attached hydrogens (tertiary/aromatic N) is 1. The lowest BCUT2D eigenvalue weighted by Crippen LogP contribution is -2.50. The number of nitrogens with one attached hydrogen (secondary N) is 2. The monoisotopic (exact) mass is 315 g/mol. The van der Waals surface area contributed by atoms with Crippen molar-refractivity contribution in [3.05, 3.63) is 36.0 Å². The molecule has 0 saturated heterocycles. The Hall–Kier alpha value is -2.30. The quantitative estimate of drug-likeness (QED) is 0.905. The standard InChI is InChI=1S/C18H25N3O2/c1-11(2)20-18(23)21(12(3)4)17(22)13(5)15-10-19-16-9-7-6-8-14(15)16/h6-13,19H,1-5H3,(H,20,23). The molecule has 0 radical (unpaired) electrons. The Morgan fingerprint density at radius 2 is 1.74 bits per heavy atom. The summed E-state index contributed by atoms with van der Waals surface area (Å²) >= 11 is 0. The van der Waals surface area contributed by atoms with Crippen LogP contribution in [0.25, 0.3) is 10.9 Å². The first-order chi connectivity index (χ1) is 10.8. The summed E-state index contributed by atoms with van der Waals surface area (Å²) in [5.74, 6) is -0.589. The fourth-order valence-electron chi connectivity index (χ4n) is 2.70. The van der Waals surface area contributed by atoms with Gasteiger partial charge in [0, 0.05) is 29.2 Å².